The third-order valence-corrected chi connectivity index (χ3v) is 3.99. The van der Waals surface area contributed by atoms with E-state index in [4.69, 9.17) is 4.74 Å². The van der Waals surface area contributed by atoms with Gasteiger partial charge in [0, 0.05) is 19.3 Å². The van der Waals surface area contributed by atoms with Crippen LogP contribution in [0.15, 0.2) is 0 Å². The van der Waals surface area contributed by atoms with Crippen molar-refractivity contribution in [2.75, 3.05) is 20.3 Å². The van der Waals surface area contributed by atoms with Crippen LogP contribution in [0.4, 0.5) is 0 Å². The van der Waals surface area contributed by atoms with Gasteiger partial charge in [-0.15, -0.1) is 0 Å². The first-order valence-corrected chi connectivity index (χ1v) is 6.15. The van der Waals surface area contributed by atoms with Crippen molar-refractivity contribution < 1.29 is 4.74 Å². The van der Waals surface area contributed by atoms with Crippen molar-refractivity contribution >= 4 is 0 Å². The maximum Gasteiger partial charge on any atom is 0.0496 e. The lowest BCUT2D eigenvalue weighted by Gasteiger charge is -2.36. The summed E-state index contributed by atoms with van der Waals surface area (Å²) in [5, 5.41) is 3.43. The van der Waals surface area contributed by atoms with E-state index in [1.54, 1.807) is 0 Å². The molecular weight excluding hydrogens is 174 g/mol. The predicted octanol–water partition coefficient (Wildman–Crippen LogP) is 2.19. The third kappa shape index (κ3) is 2.48. The van der Waals surface area contributed by atoms with Crippen LogP contribution in [0.25, 0.3) is 0 Å². The zero-order chi connectivity index (χ0) is 9.80. The lowest BCUT2D eigenvalue weighted by atomic mass is 9.76. The first-order chi connectivity index (χ1) is 6.90. The molecule has 2 heteroatoms. The summed E-state index contributed by atoms with van der Waals surface area (Å²) in [7, 11) is 2.10. The van der Waals surface area contributed by atoms with Crippen LogP contribution in [0.2, 0.25) is 0 Å². The van der Waals surface area contributed by atoms with E-state index in [2.05, 4.69) is 12.4 Å². The van der Waals surface area contributed by atoms with Crippen LogP contribution in [0, 0.1) is 11.8 Å². The summed E-state index contributed by atoms with van der Waals surface area (Å²) in [5.41, 5.74) is 0. The monoisotopic (exact) mass is 197 g/mol. The summed E-state index contributed by atoms with van der Waals surface area (Å²) >= 11 is 0. The van der Waals surface area contributed by atoms with E-state index >= 15 is 0 Å². The van der Waals surface area contributed by atoms with Crippen molar-refractivity contribution in [3.05, 3.63) is 0 Å². The molecule has 2 aliphatic rings. The average molecular weight is 197 g/mol. The summed E-state index contributed by atoms with van der Waals surface area (Å²) in [4.78, 5) is 0. The molecule has 1 saturated carbocycles. The highest BCUT2D eigenvalue weighted by molar-refractivity contribution is 4.82. The molecule has 0 aromatic carbocycles. The molecule has 14 heavy (non-hydrogen) atoms. The maximum absolute atomic E-state index is 5.58. The normalized spacial score (nSPS) is 39.6. The minimum Gasteiger partial charge on any atom is -0.381 e. The Balaban J connectivity index is 1.83. The third-order valence-electron chi connectivity index (χ3n) is 3.99. The lowest BCUT2D eigenvalue weighted by Crippen LogP contribution is -2.36. The van der Waals surface area contributed by atoms with E-state index in [-0.39, 0.29) is 0 Å². The largest absolute Gasteiger partial charge is 0.381 e. The van der Waals surface area contributed by atoms with Crippen LogP contribution in [0.3, 0.4) is 0 Å². The summed E-state index contributed by atoms with van der Waals surface area (Å²) in [6.07, 6.45) is 8.29. The molecule has 3 atom stereocenters. The summed E-state index contributed by atoms with van der Waals surface area (Å²) < 4.78 is 5.58. The van der Waals surface area contributed by atoms with Crippen LogP contribution >= 0.6 is 0 Å². The molecule has 1 heterocycles. The quantitative estimate of drug-likeness (QED) is 0.732. The molecule has 1 aliphatic carbocycles. The van der Waals surface area contributed by atoms with E-state index in [9.17, 15) is 0 Å². The van der Waals surface area contributed by atoms with Crippen molar-refractivity contribution in [3.8, 4) is 0 Å². The van der Waals surface area contributed by atoms with E-state index in [0.29, 0.717) is 0 Å². The van der Waals surface area contributed by atoms with Gasteiger partial charge in [-0.05, 0) is 51.0 Å². The summed E-state index contributed by atoms with van der Waals surface area (Å²) in [6, 6.07) is 0.774. The minimum absolute atomic E-state index is 0.774. The number of ether oxygens (including phenoxy) is 1. The summed E-state index contributed by atoms with van der Waals surface area (Å²) in [5.74, 6) is 1.79. The maximum atomic E-state index is 5.58. The van der Waals surface area contributed by atoms with Gasteiger partial charge >= 0.3 is 0 Å². The highest BCUT2D eigenvalue weighted by atomic mass is 16.5. The van der Waals surface area contributed by atoms with E-state index in [0.717, 1.165) is 31.1 Å². The molecule has 3 unspecified atom stereocenters. The lowest BCUT2D eigenvalue weighted by molar-refractivity contribution is 0.0193. The molecule has 82 valence electrons. The molecule has 2 nitrogen and oxygen atoms in total. The van der Waals surface area contributed by atoms with Crippen LogP contribution in [0.1, 0.15) is 38.5 Å². The molecule has 0 aromatic heterocycles. The van der Waals surface area contributed by atoms with E-state index in [1.807, 2.05) is 0 Å². The van der Waals surface area contributed by atoms with Gasteiger partial charge in [0.1, 0.15) is 0 Å². The number of hydrogen-bond donors (Lipinski definition) is 1. The Labute approximate surface area is 87.4 Å². The second kappa shape index (κ2) is 5.13. The van der Waals surface area contributed by atoms with E-state index < -0.39 is 0 Å². The SMILES string of the molecule is CNC1CCCC(C2CCCOC2)C1. The molecule has 1 N–H and O–H groups in total. The zero-order valence-electron chi connectivity index (χ0n) is 9.30. The molecule has 2 fully saturated rings. The highest BCUT2D eigenvalue weighted by Crippen LogP contribution is 2.34. The molecular formula is C12H23NO. The van der Waals surface area contributed by atoms with Crippen LogP contribution in [-0.2, 0) is 4.74 Å². The fourth-order valence-electron chi connectivity index (χ4n) is 3.06. The Morgan fingerprint density at radius 2 is 1.93 bits per heavy atom. The molecule has 0 aromatic rings. The van der Waals surface area contributed by atoms with Crippen molar-refractivity contribution in [1.29, 1.82) is 0 Å². The first-order valence-electron chi connectivity index (χ1n) is 6.15. The minimum atomic E-state index is 0.774. The van der Waals surface area contributed by atoms with Gasteiger partial charge in [0.05, 0.1) is 0 Å². The molecule has 0 amide bonds. The molecule has 0 spiro atoms. The fraction of sp³-hybridized carbons (Fsp3) is 1.00. The number of hydrogen-bond acceptors (Lipinski definition) is 2. The first kappa shape index (κ1) is 10.4. The average Bonchev–Trinajstić information content (AvgIpc) is 2.30. The molecule has 0 radical (unpaired) electrons. The summed E-state index contributed by atoms with van der Waals surface area (Å²) in [6.45, 7) is 2.03. The molecule has 1 saturated heterocycles. The Bertz CT molecular complexity index is 166. The topological polar surface area (TPSA) is 21.3 Å². The van der Waals surface area contributed by atoms with Crippen LogP contribution < -0.4 is 5.32 Å². The smallest absolute Gasteiger partial charge is 0.0496 e. The van der Waals surface area contributed by atoms with Gasteiger partial charge in [0.2, 0.25) is 0 Å². The van der Waals surface area contributed by atoms with Crippen LogP contribution in [0.5, 0.6) is 0 Å². The standard InChI is InChI=1S/C12H23NO/c1-13-12-6-2-4-10(8-12)11-5-3-7-14-9-11/h10-13H,2-9H2,1H3. The van der Waals surface area contributed by atoms with Gasteiger partial charge in [0.25, 0.3) is 0 Å². The van der Waals surface area contributed by atoms with Gasteiger partial charge in [0.15, 0.2) is 0 Å². The number of rotatable bonds is 2. The number of nitrogens with one attached hydrogen (secondary N) is 1. The molecule has 0 bridgehead atoms. The van der Waals surface area contributed by atoms with Gasteiger partial charge in [-0.1, -0.05) is 6.42 Å². The van der Waals surface area contributed by atoms with Gasteiger partial charge in [-0.3, -0.25) is 0 Å². The van der Waals surface area contributed by atoms with Crippen LogP contribution in [-0.4, -0.2) is 26.3 Å². The fourth-order valence-corrected chi connectivity index (χ4v) is 3.06. The predicted molar refractivity (Wildman–Crippen MR) is 58.3 cm³/mol. The Morgan fingerprint density at radius 3 is 2.64 bits per heavy atom. The van der Waals surface area contributed by atoms with Crippen molar-refractivity contribution in [2.45, 2.75) is 44.6 Å². The Kier molecular flexibility index (Phi) is 3.82. The van der Waals surface area contributed by atoms with E-state index in [1.165, 1.54) is 38.5 Å². The van der Waals surface area contributed by atoms with Gasteiger partial charge in [-0.2, -0.15) is 0 Å². The van der Waals surface area contributed by atoms with Crippen molar-refractivity contribution in [3.63, 3.8) is 0 Å². The van der Waals surface area contributed by atoms with Gasteiger partial charge in [-0.25, -0.2) is 0 Å². The van der Waals surface area contributed by atoms with Gasteiger partial charge < -0.3 is 10.1 Å². The van der Waals surface area contributed by atoms with Crippen molar-refractivity contribution in [1.82, 2.24) is 5.32 Å². The second-order valence-electron chi connectivity index (χ2n) is 4.89. The Morgan fingerprint density at radius 1 is 1.07 bits per heavy atom. The molecule has 2 rings (SSSR count). The highest BCUT2D eigenvalue weighted by Gasteiger charge is 2.28. The second-order valence-corrected chi connectivity index (χ2v) is 4.89. The molecule has 1 aliphatic heterocycles. The Hall–Kier alpha value is -0.0800. The zero-order valence-corrected chi connectivity index (χ0v) is 9.30. The van der Waals surface area contributed by atoms with Crippen molar-refractivity contribution in [2.24, 2.45) is 11.8 Å².